The lowest BCUT2D eigenvalue weighted by atomic mass is 9.81. The Bertz CT molecular complexity index is 963. The highest BCUT2D eigenvalue weighted by Crippen LogP contribution is 2.56. The van der Waals surface area contributed by atoms with E-state index in [0.29, 0.717) is 5.69 Å². The van der Waals surface area contributed by atoms with Gasteiger partial charge in [0.15, 0.2) is 6.61 Å². The first-order chi connectivity index (χ1) is 15.1. The summed E-state index contributed by atoms with van der Waals surface area (Å²) in [6.07, 6.45) is 2.89. The van der Waals surface area contributed by atoms with E-state index in [1.54, 1.807) is 19.9 Å². The summed E-state index contributed by atoms with van der Waals surface area (Å²) in [4.78, 5) is 52.7. The molecule has 2 aliphatic carbocycles. The second-order valence-electron chi connectivity index (χ2n) is 9.62. The molecule has 4 rings (SSSR count). The molecule has 3 fully saturated rings. The quantitative estimate of drug-likeness (QED) is 0.471. The van der Waals surface area contributed by atoms with Gasteiger partial charge < -0.3 is 10.1 Å². The van der Waals surface area contributed by atoms with E-state index in [-0.39, 0.29) is 41.4 Å². The van der Waals surface area contributed by atoms with Crippen LogP contribution in [0.25, 0.3) is 0 Å². The molecule has 8 heteroatoms. The number of imide groups is 1. The first-order valence-corrected chi connectivity index (χ1v) is 12.0. The van der Waals surface area contributed by atoms with Gasteiger partial charge in [-0.15, -0.1) is 0 Å². The Balaban J connectivity index is 1.42. The molecule has 172 valence electrons. The summed E-state index contributed by atoms with van der Waals surface area (Å²) in [5.41, 5.74) is 2.55. The molecular formula is C24H29BrN2O5. The van der Waals surface area contributed by atoms with Crippen LogP contribution < -0.4 is 5.32 Å². The van der Waals surface area contributed by atoms with E-state index >= 15 is 0 Å². The van der Waals surface area contributed by atoms with E-state index in [0.717, 1.165) is 39.8 Å². The van der Waals surface area contributed by atoms with Gasteiger partial charge in [-0.25, -0.2) is 4.79 Å². The number of hydrogen-bond acceptors (Lipinski definition) is 5. The van der Waals surface area contributed by atoms with Crippen molar-refractivity contribution >= 4 is 45.3 Å². The Morgan fingerprint density at radius 2 is 1.69 bits per heavy atom. The SMILES string of the molecule is Cc1c(Br)ccc(NC(=O)COC(=O)[C@H](C(C)C)N2C(=O)[C@H]3[C@H]4CC[C@@H](C4)[C@@H]3C2=O)c1C. The van der Waals surface area contributed by atoms with Gasteiger partial charge in [0.25, 0.3) is 5.91 Å². The standard InChI is InChI=1S/C24H29BrN2O5/c1-11(2)21(27-22(29)19-14-5-6-15(9-14)20(19)23(27)30)24(31)32-10-18(28)26-17-8-7-16(25)12(3)13(17)4/h7-8,11,14-15,19-21H,5-6,9-10H2,1-4H3,(H,26,28)/t14-,15-,19-,20-,21-/m0/s1. The van der Waals surface area contributed by atoms with E-state index in [2.05, 4.69) is 21.2 Å². The van der Waals surface area contributed by atoms with Crippen molar-refractivity contribution in [3.05, 3.63) is 27.7 Å². The van der Waals surface area contributed by atoms with E-state index in [1.165, 1.54) is 0 Å². The minimum absolute atomic E-state index is 0.242. The third-order valence-electron chi connectivity index (χ3n) is 7.45. The molecule has 32 heavy (non-hydrogen) atoms. The predicted octanol–water partition coefficient (Wildman–Crippen LogP) is 3.60. The number of carbonyl (C=O) groups is 4. The van der Waals surface area contributed by atoms with Gasteiger partial charge in [0.1, 0.15) is 6.04 Å². The average Bonchev–Trinajstić information content (AvgIpc) is 3.42. The van der Waals surface area contributed by atoms with Crippen molar-refractivity contribution < 1.29 is 23.9 Å². The Labute approximate surface area is 196 Å². The summed E-state index contributed by atoms with van der Waals surface area (Å²) in [6, 6.07) is 2.61. The van der Waals surface area contributed by atoms with Crippen LogP contribution in [0, 0.1) is 43.4 Å². The molecule has 1 N–H and O–H groups in total. The molecule has 2 bridgehead atoms. The number of halogens is 1. The molecular weight excluding hydrogens is 476 g/mol. The van der Waals surface area contributed by atoms with Crippen LogP contribution in [0.3, 0.4) is 0 Å². The van der Waals surface area contributed by atoms with E-state index in [9.17, 15) is 19.2 Å². The number of amides is 3. The Morgan fingerprint density at radius 1 is 1.09 bits per heavy atom. The van der Waals surface area contributed by atoms with Crippen molar-refractivity contribution in [2.75, 3.05) is 11.9 Å². The fourth-order valence-corrected chi connectivity index (χ4v) is 6.14. The van der Waals surface area contributed by atoms with Crippen molar-refractivity contribution in [2.24, 2.45) is 29.6 Å². The van der Waals surface area contributed by atoms with Crippen molar-refractivity contribution in [1.82, 2.24) is 4.90 Å². The number of ether oxygens (including phenoxy) is 1. The lowest BCUT2D eigenvalue weighted by molar-refractivity contribution is -0.162. The maximum Gasteiger partial charge on any atom is 0.330 e. The number of nitrogens with one attached hydrogen (secondary N) is 1. The lowest BCUT2D eigenvalue weighted by Crippen LogP contribution is -2.50. The maximum absolute atomic E-state index is 13.1. The van der Waals surface area contributed by atoms with Gasteiger partial charge in [0.2, 0.25) is 11.8 Å². The molecule has 0 spiro atoms. The smallest absolute Gasteiger partial charge is 0.330 e. The van der Waals surface area contributed by atoms with Crippen LogP contribution in [0.2, 0.25) is 0 Å². The largest absolute Gasteiger partial charge is 0.454 e. The number of esters is 1. The number of carbonyl (C=O) groups excluding carboxylic acids is 4. The minimum atomic E-state index is -1.01. The number of nitrogens with zero attached hydrogens (tertiary/aromatic N) is 1. The summed E-state index contributed by atoms with van der Waals surface area (Å²) in [7, 11) is 0. The van der Waals surface area contributed by atoms with Gasteiger partial charge in [0, 0.05) is 10.2 Å². The number of benzene rings is 1. The molecule has 1 heterocycles. The highest BCUT2D eigenvalue weighted by Gasteiger charge is 2.62. The first kappa shape index (κ1) is 23.0. The average molecular weight is 505 g/mol. The zero-order valence-corrected chi connectivity index (χ0v) is 20.4. The molecule has 1 aromatic carbocycles. The first-order valence-electron chi connectivity index (χ1n) is 11.2. The zero-order valence-electron chi connectivity index (χ0n) is 18.8. The molecule has 5 atom stereocenters. The highest BCUT2D eigenvalue weighted by molar-refractivity contribution is 9.10. The van der Waals surface area contributed by atoms with Gasteiger partial charge in [0.05, 0.1) is 11.8 Å². The van der Waals surface area contributed by atoms with Crippen LogP contribution in [0.15, 0.2) is 16.6 Å². The van der Waals surface area contributed by atoms with Crippen molar-refractivity contribution in [3.8, 4) is 0 Å². The fraction of sp³-hybridized carbons (Fsp3) is 0.583. The van der Waals surface area contributed by atoms with Crippen LogP contribution in [0.4, 0.5) is 5.69 Å². The Morgan fingerprint density at radius 3 is 2.25 bits per heavy atom. The van der Waals surface area contributed by atoms with Gasteiger partial charge in [-0.3, -0.25) is 19.3 Å². The molecule has 0 aromatic heterocycles. The highest BCUT2D eigenvalue weighted by atomic mass is 79.9. The molecule has 1 saturated heterocycles. The van der Waals surface area contributed by atoms with Crippen molar-refractivity contribution in [3.63, 3.8) is 0 Å². The lowest BCUT2D eigenvalue weighted by Gasteiger charge is -2.28. The van der Waals surface area contributed by atoms with Crippen LogP contribution in [-0.2, 0) is 23.9 Å². The molecule has 3 amide bonds. The maximum atomic E-state index is 13.1. The van der Waals surface area contributed by atoms with Crippen LogP contribution >= 0.6 is 15.9 Å². The third-order valence-corrected chi connectivity index (χ3v) is 8.31. The van der Waals surface area contributed by atoms with Gasteiger partial charge in [-0.2, -0.15) is 0 Å². The number of likely N-dealkylation sites (tertiary alicyclic amines) is 1. The summed E-state index contributed by atoms with van der Waals surface area (Å²) >= 11 is 3.45. The Kier molecular flexibility index (Phi) is 6.18. The van der Waals surface area contributed by atoms with Gasteiger partial charge >= 0.3 is 5.97 Å². The molecule has 2 saturated carbocycles. The minimum Gasteiger partial charge on any atom is -0.454 e. The fourth-order valence-electron chi connectivity index (χ4n) is 5.71. The number of rotatable bonds is 6. The topological polar surface area (TPSA) is 92.8 Å². The van der Waals surface area contributed by atoms with Crippen LogP contribution in [0.1, 0.15) is 44.2 Å². The summed E-state index contributed by atoms with van der Waals surface area (Å²) in [6.45, 7) is 6.91. The third kappa shape index (κ3) is 3.76. The number of hydrogen-bond donors (Lipinski definition) is 1. The van der Waals surface area contributed by atoms with E-state index in [4.69, 9.17) is 4.74 Å². The van der Waals surface area contributed by atoms with Crippen molar-refractivity contribution in [1.29, 1.82) is 0 Å². The second-order valence-corrected chi connectivity index (χ2v) is 10.5. The molecule has 0 unspecified atom stereocenters. The van der Waals surface area contributed by atoms with Crippen LogP contribution in [0.5, 0.6) is 0 Å². The molecule has 1 aromatic rings. The summed E-state index contributed by atoms with van der Waals surface area (Å²) in [5, 5.41) is 2.76. The Hall–Kier alpha value is -2.22. The van der Waals surface area contributed by atoms with Gasteiger partial charge in [-0.05, 0) is 74.1 Å². The molecule has 7 nitrogen and oxygen atoms in total. The van der Waals surface area contributed by atoms with Crippen LogP contribution in [-0.4, -0.2) is 41.2 Å². The zero-order chi connectivity index (χ0) is 23.3. The van der Waals surface area contributed by atoms with E-state index in [1.807, 2.05) is 19.9 Å². The van der Waals surface area contributed by atoms with E-state index < -0.39 is 24.5 Å². The normalized spacial score (nSPS) is 27.1. The molecule has 3 aliphatic rings. The number of anilines is 1. The predicted molar refractivity (Wildman–Crippen MR) is 121 cm³/mol. The molecule has 1 aliphatic heterocycles. The number of fused-ring (bicyclic) bond motifs is 5. The molecule has 0 radical (unpaired) electrons. The van der Waals surface area contributed by atoms with Gasteiger partial charge in [-0.1, -0.05) is 29.8 Å². The second kappa shape index (κ2) is 8.61. The van der Waals surface area contributed by atoms with Crippen molar-refractivity contribution in [2.45, 2.75) is 53.0 Å². The monoisotopic (exact) mass is 504 g/mol. The summed E-state index contributed by atoms with van der Waals surface area (Å²) in [5.74, 6) is -2.07. The summed E-state index contributed by atoms with van der Waals surface area (Å²) < 4.78 is 6.23.